The Morgan fingerprint density at radius 2 is 1.73 bits per heavy atom. The number of likely N-dealkylation sites (tertiary alicyclic amines) is 2. The Balaban J connectivity index is 1.19. The number of H-pyrrole nitrogens is 1. The molecule has 5 rings (SSSR count). The number of nitrogens with zero attached hydrogens (tertiary/aromatic N) is 4. The molecule has 2 aliphatic rings. The van der Waals surface area contributed by atoms with Gasteiger partial charge in [0.05, 0.1) is 15.6 Å². The highest BCUT2D eigenvalue weighted by atomic mass is 35.5. The second-order valence-electron chi connectivity index (χ2n) is 8.68. The van der Waals surface area contributed by atoms with Crippen LogP contribution in [0.5, 0.6) is 0 Å². The van der Waals surface area contributed by atoms with Crippen molar-refractivity contribution in [3.63, 3.8) is 0 Å². The van der Waals surface area contributed by atoms with Gasteiger partial charge in [-0.1, -0.05) is 34.5 Å². The SMILES string of the molecule is O=C(/C=C/c1ccc(Cl)c(Cl)c1)N1CC[C@@H]2CN(C(=O)c3ccc4[nH]nnc4c3)C[C@@H]2CC1. The van der Waals surface area contributed by atoms with Crippen molar-refractivity contribution < 1.29 is 9.59 Å². The fourth-order valence-electron chi connectivity index (χ4n) is 4.78. The lowest BCUT2D eigenvalue weighted by atomic mass is 9.92. The highest BCUT2D eigenvalue weighted by Crippen LogP contribution is 2.33. The molecule has 170 valence electrons. The predicted octanol–water partition coefficient (Wildman–Crippen LogP) is 4.29. The number of hydrogen-bond donors (Lipinski definition) is 1. The second kappa shape index (κ2) is 9.15. The van der Waals surface area contributed by atoms with Crippen LogP contribution in [-0.4, -0.2) is 63.2 Å². The molecule has 2 amide bonds. The predicted molar refractivity (Wildman–Crippen MR) is 128 cm³/mol. The molecule has 3 aromatic rings. The van der Waals surface area contributed by atoms with E-state index in [-0.39, 0.29) is 11.8 Å². The van der Waals surface area contributed by atoms with Crippen molar-refractivity contribution in [1.82, 2.24) is 25.2 Å². The number of benzene rings is 2. The monoisotopic (exact) mass is 483 g/mol. The Kier molecular flexibility index (Phi) is 6.08. The van der Waals surface area contributed by atoms with Gasteiger partial charge in [0.2, 0.25) is 5.91 Å². The molecule has 2 aliphatic heterocycles. The molecule has 2 fully saturated rings. The van der Waals surface area contributed by atoms with Gasteiger partial charge in [-0.25, -0.2) is 0 Å². The highest BCUT2D eigenvalue weighted by Gasteiger charge is 2.37. The number of carbonyl (C=O) groups excluding carboxylic acids is 2. The zero-order chi connectivity index (χ0) is 22.9. The maximum Gasteiger partial charge on any atom is 0.253 e. The van der Waals surface area contributed by atoms with Crippen LogP contribution >= 0.6 is 23.2 Å². The maximum atomic E-state index is 13.1. The first-order valence-electron chi connectivity index (χ1n) is 11.0. The fourth-order valence-corrected chi connectivity index (χ4v) is 5.09. The Morgan fingerprint density at radius 3 is 2.45 bits per heavy atom. The average molecular weight is 484 g/mol. The molecule has 0 aliphatic carbocycles. The first-order chi connectivity index (χ1) is 16.0. The van der Waals surface area contributed by atoms with Gasteiger partial charge in [-0.2, -0.15) is 0 Å². The molecule has 0 saturated carbocycles. The molecular weight excluding hydrogens is 461 g/mol. The van der Waals surface area contributed by atoms with Gasteiger partial charge in [-0.05, 0) is 66.6 Å². The van der Waals surface area contributed by atoms with Gasteiger partial charge in [-0.15, -0.1) is 5.10 Å². The van der Waals surface area contributed by atoms with Gasteiger partial charge >= 0.3 is 0 Å². The highest BCUT2D eigenvalue weighted by molar-refractivity contribution is 6.42. The molecule has 2 saturated heterocycles. The normalized spacial score (nSPS) is 20.9. The molecule has 2 aromatic carbocycles. The third-order valence-corrected chi connectivity index (χ3v) is 7.39. The zero-order valence-electron chi connectivity index (χ0n) is 17.9. The van der Waals surface area contributed by atoms with E-state index < -0.39 is 0 Å². The summed E-state index contributed by atoms with van der Waals surface area (Å²) in [5.74, 6) is 0.837. The number of aromatic nitrogens is 3. The molecule has 1 aromatic heterocycles. The first kappa shape index (κ1) is 21.9. The van der Waals surface area contributed by atoms with Crippen LogP contribution in [-0.2, 0) is 4.79 Å². The van der Waals surface area contributed by atoms with Crippen LogP contribution in [0.3, 0.4) is 0 Å². The minimum absolute atomic E-state index is 0.00473. The summed E-state index contributed by atoms with van der Waals surface area (Å²) in [5.41, 5.74) is 2.98. The second-order valence-corrected chi connectivity index (χ2v) is 9.50. The van der Waals surface area contributed by atoms with Crippen LogP contribution in [0.4, 0.5) is 0 Å². The zero-order valence-corrected chi connectivity index (χ0v) is 19.4. The lowest BCUT2D eigenvalue weighted by Crippen LogP contribution is -2.33. The van der Waals surface area contributed by atoms with E-state index in [1.54, 1.807) is 30.4 Å². The number of amides is 2. The number of nitrogens with one attached hydrogen (secondary N) is 1. The maximum absolute atomic E-state index is 13.1. The van der Waals surface area contributed by atoms with Crippen LogP contribution in [0.15, 0.2) is 42.5 Å². The molecule has 1 N–H and O–H groups in total. The van der Waals surface area contributed by atoms with Crippen molar-refractivity contribution in [3.8, 4) is 0 Å². The van der Waals surface area contributed by atoms with Gasteiger partial charge in [0.1, 0.15) is 5.52 Å². The van der Waals surface area contributed by atoms with E-state index in [0.717, 1.165) is 37.0 Å². The van der Waals surface area contributed by atoms with Crippen molar-refractivity contribution in [3.05, 3.63) is 63.6 Å². The van der Waals surface area contributed by atoms with Crippen LogP contribution in [0.2, 0.25) is 10.0 Å². The Bertz CT molecular complexity index is 1220. The average Bonchev–Trinajstić information content (AvgIpc) is 3.41. The minimum atomic E-state index is -0.00473. The summed E-state index contributed by atoms with van der Waals surface area (Å²) < 4.78 is 0. The minimum Gasteiger partial charge on any atom is -0.339 e. The van der Waals surface area contributed by atoms with Crippen molar-refractivity contribution in [1.29, 1.82) is 0 Å². The first-order valence-corrected chi connectivity index (χ1v) is 11.8. The Labute approximate surface area is 201 Å². The Hall–Kier alpha value is -2.90. The summed E-state index contributed by atoms with van der Waals surface area (Å²) in [6, 6.07) is 10.7. The summed E-state index contributed by atoms with van der Waals surface area (Å²) >= 11 is 12.0. The smallest absolute Gasteiger partial charge is 0.253 e. The van der Waals surface area contributed by atoms with Gasteiger partial charge in [0.25, 0.3) is 5.91 Å². The van der Waals surface area contributed by atoms with Crippen LogP contribution in [0.1, 0.15) is 28.8 Å². The van der Waals surface area contributed by atoms with Crippen LogP contribution in [0.25, 0.3) is 17.1 Å². The number of hydrogen-bond acceptors (Lipinski definition) is 4. The van der Waals surface area contributed by atoms with E-state index in [0.29, 0.717) is 46.1 Å². The van der Waals surface area contributed by atoms with Gasteiger partial charge in [0, 0.05) is 37.8 Å². The molecular formula is C24H23Cl2N5O2. The summed E-state index contributed by atoms with van der Waals surface area (Å²) in [7, 11) is 0. The van der Waals surface area contributed by atoms with Crippen molar-refractivity contribution in [2.45, 2.75) is 12.8 Å². The lowest BCUT2D eigenvalue weighted by Gasteiger charge is -2.21. The molecule has 0 bridgehead atoms. The summed E-state index contributed by atoms with van der Waals surface area (Å²) in [6.45, 7) is 2.83. The molecule has 9 heteroatoms. The number of carbonyl (C=O) groups is 2. The molecule has 33 heavy (non-hydrogen) atoms. The standard InChI is InChI=1S/C24H23Cl2N5O2/c25-19-4-1-15(11-20(19)26)2-6-23(32)30-9-7-17-13-31(14-18(17)8-10-30)24(33)16-3-5-21-22(12-16)28-29-27-21/h1-6,11-12,17-18H,7-10,13-14H2,(H,27,28,29)/b6-2+/t17-,18+. The number of aromatic amines is 1. The summed E-state index contributed by atoms with van der Waals surface area (Å²) in [5, 5.41) is 11.6. The van der Waals surface area contributed by atoms with E-state index >= 15 is 0 Å². The molecule has 0 spiro atoms. The number of fused-ring (bicyclic) bond motifs is 2. The topological polar surface area (TPSA) is 82.2 Å². The van der Waals surface area contributed by atoms with Crippen molar-refractivity contribution in [2.75, 3.05) is 26.2 Å². The number of halogens is 2. The molecule has 3 heterocycles. The van der Waals surface area contributed by atoms with E-state index in [1.807, 2.05) is 28.0 Å². The summed E-state index contributed by atoms with van der Waals surface area (Å²) in [4.78, 5) is 29.6. The quantitative estimate of drug-likeness (QED) is 0.563. The molecule has 7 nitrogen and oxygen atoms in total. The van der Waals surface area contributed by atoms with E-state index in [1.165, 1.54) is 0 Å². The third-order valence-electron chi connectivity index (χ3n) is 6.65. The number of rotatable bonds is 3. The van der Waals surface area contributed by atoms with Crippen molar-refractivity contribution in [2.24, 2.45) is 11.8 Å². The lowest BCUT2D eigenvalue weighted by molar-refractivity contribution is -0.126. The van der Waals surface area contributed by atoms with Crippen LogP contribution < -0.4 is 0 Å². The van der Waals surface area contributed by atoms with Crippen LogP contribution in [0, 0.1) is 11.8 Å². The van der Waals surface area contributed by atoms with E-state index in [2.05, 4.69) is 15.4 Å². The van der Waals surface area contributed by atoms with Crippen molar-refractivity contribution >= 4 is 52.1 Å². The largest absolute Gasteiger partial charge is 0.339 e. The summed E-state index contributed by atoms with van der Waals surface area (Å²) in [6.07, 6.45) is 5.14. The Morgan fingerprint density at radius 1 is 0.970 bits per heavy atom. The van der Waals surface area contributed by atoms with E-state index in [9.17, 15) is 9.59 Å². The molecule has 2 atom stereocenters. The van der Waals surface area contributed by atoms with Gasteiger partial charge in [-0.3, -0.25) is 14.7 Å². The van der Waals surface area contributed by atoms with Gasteiger partial charge in [0.15, 0.2) is 0 Å². The molecule has 0 unspecified atom stereocenters. The third kappa shape index (κ3) is 4.61. The fraction of sp³-hybridized carbons (Fsp3) is 0.333. The molecule has 0 radical (unpaired) electrons. The van der Waals surface area contributed by atoms with E-state index in [4.69, 9.17) is 23.2 Å². The van der Waals surface area contributed by atoms with Gasteiger partial charge < -0.3 is 9.80 Å².